The Hall–Kier alpha value is -1.71. The maximum absolute atomic E-state index is 12.9. The van der Waals surface area contributed by atoms with Crippen molar-refractivity contribution in [3.63, 3.8) is 0 Å². The predicted octanol–water partition coefficient (Wildman–Crippen LogP) is 0.232. The Morgan fingerprint density at radius 3 is 2.61 bits per heavy atom. The summed E-state index contributed by atoms with van der Waals surface area (Å²) in [5.74, 6) is -0.274. The van der Waals surface area contributed by atoms with Crippen LogP contribution in [-0.4, -0.2) is 64.7 Å². The van der Waals surface area contributed by atoms with E-state index in [0.717, 1.165) is 31.6 Å². The van der Waals surface area contributed by atoms with E-state index >= 15 is 0 Å². The van der Waals surface area contributed by atoms with Crippen LogP contribution in [0.2, 0.25) is 0 Å². The van der Waals surface area contributed by atoms with Gasteiger partial charge in [-0.3, -0.25) is 4.90 Å². The Kier molecular flexibility index (Phi) is 5.91. The van der Waals surface area contributed by atoms with Crippen LogP contribution in [0.25, 0.3) is 0 Å². The lowest BCUT2D eigenvalue weighted by Crippen LogP contribution is -2.50. The largest absolute Gasteiger partial charge is 0.343 e. The van der Waals surface area contributed by atoms with Crippen molar-refractivity contribution in [3.05, 3.63) is 30.1 Å². The molecule has 1 aliphatic heterocycles. The molecule has 0 radical (unpaired) electrons. The first-order chi connectivity index (χ1) is 10.9. The molecule has 2 N–H and O–H groups in total. The van der Waals surface area contributed by atoms with Gasteiger partial charge in [0.1, 0.15) is 5.82 Å². The topological polar surface area (TPSA) is 77.0 Å². The molecule has 1 aromatic rings. The number of sulfonamides is 1. The fraction of sp³-hybridized carbons (Fsp3) is 0.500. The van der Waals surface area contributed by atoms with Crippen molar-refractivity contribution in [1.82, 2.24) is 19.8 Å². The number of hydrogen-bond acceptors (Lipinski definition) is 6. The summed E-state index contributed by atoms with van der Waals surface area (Å²) < 4.78 is 39.6. The highest BCUT2D eigenvalue weighted by atomic mass is 32.2. The van der Waals surface area contributed by atoms with Crippen molar-refractivity contribution < 1.29 is 12.8 Å². The van der Waals surface area contributed by atoms with Crippen LogP contribution in [0.15, 0.2) is 34.2 Å². The van der Waals surface area contributed by atoms with Crippen molar-refractivity contribution in [1.29, 1.82) is 0 Å². The molecule has 1 heterocycles. The Bertz CT molecular complexity index is 646. The molecule has 7 nitrogen and oxygen atoms in total. The van der Waals surface area contributed by atoms with Gasteiger partial charge in [0.15, 0.2) is 0 Å². The minimum Gasteiger partial charge on any atom is -0.343 e. The van der Waals surface area contributed by atoms with Crippen LogP contribution in [0.1, 0.15) is 6.42 Å². The average Bonchev–Trinajstić information content (AvgIpc) is 2.49. The molecule has 0 unspecified atom stereocenters. The zero-order valence-electron chi connectivity index (χ0n) is 13.3. The number of hydrogen-bond donors (Lipinski definition) is 2. The van der Waals surface area contributed by atoms with Gasteiger partial charge < -0.3 is 10.2 Å². The molecule has 23 heavy (non-hydrogen) atoms. The van der Waals surface area contributed by atoms with E-state index in [1.807, 2.05) is 14.1 Å². The molecule has 0 fully saturated rings. The standard InChI is InChI=1S/C14H22FN5O2S/c1-19(2)8-3-9-20-10-16-14(17-11-20)18-23(21,22)13-6-4-12(15)5-7-13/h4-7H,3,8-11H2,1-2H3,(H2,16,17,18). The second-order valence-electron chi connectivity index (χ2n) is 5.59. The second-order valence-corrected chi connectivity index (χ2v) is 7.28. The number of benzene rings is 1. The van der Waals surface area contributed by atoms with Gasteiger partial charge in [0, 0.05) is 6.54 Å². The van der Waals surface area contributed by atoms with Gasteiger partial charge >= 0.3 is 0 Å². The van der Waals surface area contributed by atoms with Crippen molar-refractivity contribution in [2.45, 2.75) is 11.3 Å². The lowest BCUT2D eigenvalue weighted by atomic mass is 10.4. The molecule has 0 amide bonds. The van der Waals surface area contributed by atoms with Gasteiger partial charge in [0.05, 0.1) is 18.2 Å². The van der Waals surface area contributed by atoms with E-state index in [2.05, 4.69) is 24.8 Å². The van der Waals surface area contributed by atoms with E-state index in [0.29, 0.717) is 13.3 Å². The van der Waals surface area contributed by atoms with Crippen LogP contribution in [0, 0.1) is 5.82 Å². The van der Waals surface area contributed by atoms with Gasteiger partial charge in [-0.05, 0) is 51.3 Å². The van der Waals surface area contributed by atoms with Gasteiger partial charge in [-0.15, -0.1) is 0 Å². The summed E-state index contributed by atoms with van der Waals surface area (Å²) >= 11 is 0. The quantitative estimate of drug-likeness (QED) is 0.773. The van der Waals surface area contributed by atoms with Crippen molar-refractivity contribution in [2.24, 2.45) is 4.99 Å². The molecule has 9 heteroatoms. The van der Waals surface area contributed by atoms with Crippen LogP contribution in [0.3, 0.4) is 0 Å². The van der Waals surface area contributed by atoms with Crippen LogP contribution < -0.4 is 10.0 Å². The molecule has 1 aliphatic rings. The average molecular weight is 343 g/mol. The highest BCUT2D eigenvalue weighted by Gasteiger charge is 2.19. The first-order valence-corrected chi connectivity index (χ1v) is 8.79. The number of guanidine groups is 1. The number of halogens is 1. The fourth-order valence-electron chi connectivity index (χ4n) is 2.09. The molecule has 0 saturated heterocycles. The van der Waals surface area contributed by atoms with E-state index in [4.69, 9.17) is 0 Å². The van der Waals surface area contributed by atoms with Gasteiger partial charge in [-0.1, -0.05) is 0 Å². The van der Waals surface area contributed by atoms with E-state index < -0.39 is 15.8 Å². The predicted molar refractivity (Wildman–Crippen MR) is 86.9 cm³/mol. The normalized spacial score (nSPS) is 16.1. The lowest BCUT2D eigenvalue weighted by Gasteiger charge is -2.27. The molecule has 0 atom stereocenters. The van der Waals surface area contributed by atoms with E-state index in [-0.39, 0.29) is 10.9 Å². The van der Waals surface area contributed by atoms with Crippen molar-refractivity contribution in [2.75, 3.05) is 40.5 Å². The minimum atomic E-state index is -3.76. The third-order valence-electron chi connectivity index (χ3n) is 3.33. The first-order valence-electron chi connectivity index (χ1n) is 7.30. The number of aliphatic imine (C=N–C) groups is 1. The zero-order valence-corrected chi connectivity index (χ0v) is 14.1. The van der Waals surface area contributed by atoms with Crippen LogP contribution in [0.5, 0.6) is 0 Å². The molecule has 0 aromatic heterocycles. The van der Waals surface area contributed by atoms with Crippen molar-refractivity contribution >= 4 is 16.0 Å². The molecule has 2 rings (SSSR count). The molecule has 0 spiro atoms. The molecule has 0 bridgehead atoms. The number of nitrogens with one attached hydrogen (secondary N) is 2. The number of nitrogens with zero attached hydrogens (tertiary/aromatic N) is 3. The molecule has 0 saturated carbocycles. The summed E-state index contributed by atoms with van der Waals surface area (Å²) in [4.78, 5) is 8.38. The van der Waals surface area contributed by atoms with Crippen LogP contribution >= 0.6 is 0 Å². The Labute approximate surface area is 136 Å². The van der Waals surface area contributed by atoms with E-state index in [1.165, 1.54) is 12.1 Å². The SMILES string of the molecule is CN(C)CCCN1CN=C(NS(=O)(=O)c2ccc(F)cc2)NC1. The Morgan fingerprint density at radius 2 is 2.04 bits per heavy atom. The maximum atomic E-state index is 12.9. The lowest BCUT2D eigenvalue weighted by molar-refractivity contribution is 0.246. The second kappa shape index (κ2) is 7.71. The molecule has 1 aromatic carbocycles. The van der Waals surface area contributed by atoms with Crippen LogP contribution in [-0.2, 0) is 10.0 Å². The highest BCUT2D eigenvalue weighted by Crippen LogP contribution is 2.09. The molecular weight excluding hydrogens is 321 g/mol. The summed E-state index contributed by atoms with van der Waals surface area (Å²) in [5.41, 5.74) is 0. The summed E-state index contributed by atoms with van der Waals surface area (Å²) in [6, 6.07) is 4.65. The van der Waals surface area contributed by atoms with Gasteiger partial charge in [-0.25, -0.2) is 22.5 Å². The van der Waals surface area contributed by atoms with E-state index in [9.17, 15) is 12.8 Å². The van der Waals surface area contributed by atoms with Gasteiger partial charge in [-0.2, -0.15) is 0 Å². The summed E-state index contributed by atoms with van der Waals surface area (Å²) in [7, 11) is 0.288. The molecule has 128 valence electrons. The third-order valence-corrected chi connectivity index (χ3v) is 4.69. The van der Waals surface area contributed by atoms with Gasteiger partial charge in [0.2, 0.25) is 5.96 Å². The minimum absolute atomic E-state index is 0.00295. The summed E-state index contributed by atoms with van der Waals surface area (Å²) in [6.07, 6.45) is 1.01. The van der Waals surface area contributed by atoms with E-state index in [1.54, 1.807) is 0 Å². The monoisotopic (exact) mass is 343 g/mol. The maximum Gasteiger partial charge on any atom is 0.264 e. The first kappa shape index (κ1) is 17.6. The molecular formula is C14H22FN5O2S. The Balaban J connectivity index is 1.89. The third kappa shape index (κ3) is 5.45. The highest BCUT2D eigenvalue weighted by molar-refractivity contribution is 7.90. The Morgan fingerprint density at radius 1 is 1.35 bits per heavy atom. The number of rotatable bonds is 6. The summed E-state index contributed by atoms with van der Waals surface area (Å²) in [5, 5.41) is 2.94. The molecule has 0 aliphatic carbocycles. The smallest absolute Gasteiger partial charge is 0.264 e. The fourth-order valence-corrected chi connectivity index (χ4v) is 3.10. The van der Waals surface area contributed by atoms with Crippen LogP contribution in [0.4, 0.5) is 4.39 Å². The van der Waals surface area contributed by atoms with Gasteiger partial charge in [0.25, 0.3) is 10.0 Å². The zero-order chi connectivity index (χ0) is 16.9. The summed E-state index contributed by atoms with van der Waals surface area (Å²) in [6.45, 7) is 2.83. The van der Waals surface area contributed by atoms with Crippen molar-refractivity contribution in [3.8, 4) is 0 Å².